The first-order chi connectivity index (χ1) is 28.2. The normalized spacial score (nSPS) is 11.0. The SMILES string of the molecule is [Ag+].[Au+].[C-]#Cc1cccc2c1-c1ccccc1C2.[C-]#Cc1cccc2c1-c1ccccc1C2.c1ccc([PH+](C[PH+](c2ccccc2)c2ccccc2)c2ccccc2)cc1. The van der Waals surface area contributed by atoms with Gasteiger partial charge >= 0.3 is 44.8 Å². The molecule has 10 rings (SSSR count). The third-order valence-electron chi connectivity index (χ3n) is 10.7. The molecular formula is C55H42AgAuP2+2. The minimum atomic E-state index is -0.847. The van der Waals surface area contributed by atoms with Gasteiger partial charge in [-0.2, -0.15) is 0 Å². The summed E-state index contributed by atoms with van der Waals surface area (Å²) in [4.78, 5) is 0. The van der Waals surface area contributed by atoms with Crippen LogP contribution < -0.4 is 21.2 Å². The number of benzene rings is 8. The van der Waals surface area contributed by atoms with E-state index >= 15 is 0 Å². The predicted octanol–water partition coefficient (Wildman–Crippen LogP) is 11.1. The molecule has 2 aliphatic rings. The summed E-state index contributed by atoms with van der Waals surface area (Å²) < 4.78 is 0. The molecule has 59 heavy (non-hydrogen) atoms. The summed E-state index contributed by atoms with van der Waals surface area (Å²) >= 11 is 0. The summed E-state index contributed by atoms with van der Waals surface area (Å²) in [7, 11) is -1.69. The Bertz CT molecular complexity index is 2420. The third kappa shape index (κ3) is 10.2. The minimum Gasteiger partial charge on any atom is -0.366 e. The zero-order valence-electron chi connectivity index (χ0n) is 32.4. The fourth-order valence-corrected chi connectivity index (χ4v) is 15.8. The smallest absolute Gasteiger partial charge is 0.366 e. The zero-order chi connectivity index (χ0) is 38.8. The van der Waals surface area contributed by atoms with Crippen LogP contribution in [0.25, 0.3) is 22.3 Å². The molecule has 0 spiro atoms. The summed E-state index contributed by atoms with van der Waals surface area (Å²) in [5.41, 5.74) is 12.1. The van der Waals surface area contributed by atoms with Crippen molar-refractivity contribution in [1.29, 1.82) is 0 Å². The van der Waals surface area contributed by atoms with Crippen molar-refractivity contribution in [3.8, 4) is 34.1 Å². The Balaban J connectivity index is 0.000000156. The monoisotopic (exact) mass is 1070 g/mol. The van der Waals surface area contributed by atoms with Gasteiger partial charge in [0.25, 0.3) is 0 Å². The molecule has 0 N–H and O–H groups in total. The maximum absolute atomic E-state index is 7.30. The van der Waals surface area contributed by atoms with Crippen molar-refractivity contribution < 1.29 is 44.8 Å². The van der Waals surface area contributed by atoms with Crippen LogP contribution in [0, 0.1) is 24.7 Å². The van der Waals surface area contributed by atoms with E-state index in [-0.39, 0.29) is 44.8 Å². The largest absolute Gasteiger partial charge is 1.00 e. The van der Waals surface area contributed by atoms with Crippen LogP contribution in [-0.4, -0.2) is 5.90 Å². The van der Waals surface area contributed by atoms with Crippen LogP contribution in [0.15, 0.2) is 206 Å². The molecular weight excluding hydrogens is 1030 g/mol. The molecule has 0 bridgehead atoms. The molecule has 0 nitrogen and oxygen atoms in total. The van der Waals surface area contributed by atoms with Gasteiger partial charge in [0.05, 0.1) is 0 Å². The van der Waals surface area contributed by atoms with Crippen LogP contribution in [0.5, 0.6) is 0 Å². The summed E-state index contributed by atoms with van der Waals surface area (Å²) in [6.07, 6.45) is 16.6. The van der Waals surface area contributed by atoms with Crippen molar-refractivity contribution >= 4 is 37.1 Å². The molecule has 0 heterocycles. The van der Waals surface area contributed by atoms with Gasteiger partial charge in [0.2, 0.25) is 0 Å². The van der Waals surface area contributed by atoms with Crippen molar-refractivity contribution in [3.63, 3.8) is 0 Å². The Hall–Kier alpha value is -4.78. The first kappa shape index (κ1) is 43.8. The van der Waals surface area contributed by atoms with Gasteiger partial charge in [0.15, 0.2) is 5.90 Å². The standard InChI is InChI=1S/C25H22P2.2C15H9.Ag.Au/c1-5-13-22(14-6-1)26(23-15-7-2-8-16-23)21-27(24-17-9-3-10-18-24)25-19-11-4-12-20-25;2*1-2-11-7-5-8-13-10-12-6-3-4-9-14(12)15(11)13;;/h1-20H,21H2;2*3-9H,10H2;;/q;2*-1;2*+1/p+2. The van der Waals surface area contributed by atoms with E-state index in [2.05, 4.69) is 194 Å². The first-order valence-electron chi connectivity index (χ1n) is 19.4. The van der Waals surface area contributed by atoms with Crippen LogP contribution in [0.1, 0.15) is 33.4 Å². The topological polar surface area (TPSA) is 0 Å². The van der Waals surface area contributed by atoms with Crippen LogP contribution in [0.2, 0.25) is 0 Å². The van der Waals surface area contributed by atoms with Crippen LogP contribution in [0.3, 0.4) is 0 Å². The summed E-state index contributed by atoms with van der Waals surface area (Å²) in [6.45, 7) is 0. The Morgan fingerprint density at radius 2 is 0.644 bits per heavy atom. The first-order valence-corrected chi connectivity index (χ1v) is 22.8. The molecule has 0 aromatic heterocycles. The van der Waals surface area contributed by atoms with Gasteiger partial charge in [0, 0.05) is 0 Å². The second kappa shape index (κ2) is 21.5. The fourth-order valence-electron chi connectivity index (χ4n) is 8.06. The molecule has 0 saturated carbocycles. The number of hydrogen-bond acceptors (Lipinski definition) is 0. The molecule has 0 unspecified atom stereocenters. The maximum atomic E-state index is 7.30. The van der Waals surface area contributed by atoms with Gasteiger partial charge in [-0.05, 0) is 83.6 Å². The molecule has 0 amide bonds. The summed E-state index contributed by atoms with van der Waals surface area (Å²) in [5, 5.41) is 6.01. The molecule has 0 saturated heterocycles. The summed E-state index contributed by atoms with van der Waals surface area (Å²) in [5.74, 6) is 6.28. The van der Waals surface area contributed by atoms with Crippen LogP contribution in [0.4, 0.5) is 0 Å². The van der Waals surface area contributed by atoms with E-state index in [1.54, 1.807) is 0 Å². The molecule has 2 aliphatic carbocycles. The van der Waals surface area contributed by atoms with Gasteiger partial charge in [-0.1, -0.05) is 168 Å². The van der Waals surface area contributed by atoms with Gasteiger partial charge in [-0.3, -0.25) is 11.8 Å². The molecule has 0 fully saturated rings. The van der Waals surface area contributed by atoms with E-state index < -0.39 is 15.8 Å². The van der Waals surface area contributed by atoms with E-state index in [0.717, 1.165) is 24.0 Å². The summed E-state index contributed by atoms with van der Waals surface area (Å²) in [6, 6.07) is 73.4. The fraction of sp³-hybridized carbons (Fsp3) is 0.0545. The van der Waals surface area contributed by atoms with E-state index in [1.165, 1.54) is 71.6 Å². The van der Waals surface area contributed by atoms with Crippen molar-refractivity contribution in [2.45, 2.75) is 12.8 Å². The van der Waals surface area contributed by atoms with E-state index in [1.807, 2.05) is 24.3 Å². The molecule has 292 valence electrons. The number of rotatable bonds is 6. The Labute approximate surface area is 384 Å². The number of fused-ring (bicyclic) bond motifs is 6. The quantitative estimate of drug-likeness (QED) is 0.0674. The minimum absolute atomic E-state index is 0. The average Bonchev–Trinajstić information content (AvgIpc) is 3.87. The van der Waals surface area contributed by atoms with E-state index in [4.69, 9.17) is 12.8 Å². The molecule has 4 heteroatoms. The van der Waals surface area contributed by atoms with Crippen molar-refractivity contribution in [2.75, 3.05) is 5.90 Å². The predicted molar refractivity (Wildman–Crippen MR) is 248 cm³/mol. The van der Waals surface area contributed by atoms with Gasteiger partial charge < -0.3 is 12.8 Å². The van der Waals surface area contributed by atoms with Gasteiger partial charge in [0.1, 0.15) is 37.1 Å². The van der Waals surface area contributed by atoms with Crippen LogP contribution in [-0.2, 0) is 57.6 Å². The van der Waals surface area contributed by atoms with Crippen molar-refractivity contribution in [2.24, 2.45) is 0 Å². The second-order valence-electron chi connectivity index (χ2n) is 14.2. The van der Waals surface area contributed by atoms with E-state index in [9.17, 15) is 0 Å². The Morgan fingerprint density at radius 1 is 0.356 bits per heavy atom. The Morgan fingerprint density at radius 3 is 0.966 bits per heavy atom. The molecule has 0 radical (unpaired) electrons. The van der Waals surface area contributed by atoms with Crippen LogP contribution >= 0.6 is 15.8 Å². The van der Waals surface area contributed by atoms with Gasteiger partial charge in [-0.25, -0.2) is 0 Å². The van der Waals surface area contributed by atoms with E-state index in [0.29, 0.717) is 0 Å². The average molecular weight is 1070 g/mol. The number of hydrogen-bond donors (Lipinski definition) is 0. The second-order valence-corrected chi connectivity index (χ2v) is 19.8. The Kier molecular flexibility index (Phi) is 15.9. The maximum Gasteiger partial charge on any atom is 1.00 e. The molecule has 8 aromatic carbocycles. The third-order valence-corrected chi connectivity index (χ3v) is 17.7. The molecule has 8 aromatic rings. The molecule has 0 atom stereocenters. The van der Waals surface area contributed by atoms with Gasteiger partial charge in [-0.15, -0.1) is 23.3 Å². The molecule has 0 aliphatic heterocycles. The van der Waals surface area contributed by atoms with Crippen molar-refractivity contribution in [3.05, 3.63) is 252 Å². The zero-order valence-corrected chi connectivity index (χ0v) is 38.0. The van der Waals surface area contributed by atoms with Crippen molar-refractivity contribution in [1.82, 2.24) is 0 Å².